The summed E-state index contributed by atoms with van der Waals surface area (Å²) in [5.41, 5.74) is 5.17. The first-order valence-corrected chi connectivity index (χ1v) is 12.1. The standard InChI is InChI=1S/C30H32N2O4/c1-30(2,3)36-29(34)31-25(19-18-20-12-6-5-7-13-20)27(28(33)35-4)32-26-23-16-10-8-14-21(23)22-15-9-11-17-24(22)26/h5-17,25,27H,18-19H2,1-4H3,(H,31,34). The predicted octanol–water partition coefficient (Wildman–Crippen LogP) is 5.57. The molecule has 4 rings (SSSR count). The van der Waals surface area contributed by atoms with Gasteiger partial charge in [0.05, 0.1) is 18.9 Å². The summed E-state index contributed by atoms with van der Waals surface area (Å²) in [5.74, 6) is -0.515. The van der Waals surface area contributed by atoms with Gasteiger partial charge in [-0.25, -0.2) is 9.59 Å². The Bertz CT molecular complexity index is 1210. The average molecular weight is 485 g/mol. The molecule has 3 aromatic carbocycles. The van der Waals surface area contributed by atoms with E-state index in [2.05, 4.69) is 17.4 Å². The van der Waals surface area contributed by atoms with Gasteiger partial charge in [0.1, 0.15) is 5.60 Å². The normalized spacial score (nSPS) is 13.7. The Morgan fingerprint density at radius 2 is 1.36 bits per heavy atom. The van der Waals surface area contributed by atoms with Crippen molar-refractivity contribution < 1.29 is 19.1 Å². The van der Waals surface area contributed by atoms with E-state index >= 15 is 0 Å². The number of carbonyl (C=O) groups is 2. The van der Waals surface area contributed by atoms with Gasteiger partial charge in [0, 0.05) is 11.1 Å². The lowest BCUT2D eigenvalue weighted by atomic mass is 9.99. The smallest absolute Gasteiger partial charge is 0.407 e. The molecule has 3 aromatic rings. The highest BCUT2D eigenvalue weighted by Gasteiger charge is 2.34. The number of nitrogens with zero attached hydrogens (tertiary/aromatic N) is 1. The first kappa shape index (κ1) is 25.2. The number of hydrogen-bond donors (Lipinski definition) is 1. The minimum atomic E-state index is -0.958. The fourth-order valence-corrected chi connectivity index (χ4v) is 4.43. The SMILES string of the molecule is COC(=O)C(N=C1c2ccccc2-c2ccccc21)C(CCc1ccccc1)NC(=O)OC(C)(C)C. The number of nitrogens with one attached hydrogen (secondary N) is 1. The molecule has 6 nitrogen and oxygen atoms in total. The van der Waals surface area contributed by atoms with Gasteiger partial charge in [-0.15, -0.1) is 0 Å². The number of methoxy groups -OCH3 is 1. The lowest BCUT2D eigenvalue weighted by Crippen LogP contribution is -2.48. The van der Waals surface area contributed by atoms with E-state index < -0.39 is 29.7 Å². The largest absolute Gasteiger partial charge is 0.467 e. The summed E-state index contributed by atoms with van der Waals surface area (Å²) in [4.78, 5) is 30.9. The second kappa shape index (κ2) is 10.8. The van der Waals surface area contributed by atoms with Crippen LogP contribution in [0.25, 0.3) is 11.1 Å². The molecule has 0 aromatic heterocycles. The summed E-state index contributed by atoms with van der Waals surface area (Å²) in [6.45, 7) is 5.40. The lowest BCUT2D eigenvalue weighted by molar-refractivity contribution is -0.142. The van der Waals surface area contributed by atoms with Crippen molar-refractivity contribution in [3.63, 3.8) is 0 Å². The minimum Gasteiger partial charge on any atom is -0.467 e. The summed E-state index contributed by atoms with van der Waals surface area (Å²) >= 11 is 0. The van der Waals surface area contributed by atoms with Crippen LogP contribution in [-0.2, 0) is 20.7 Å². The van der Waals surface area contributed by atoms with Crippen molar-refractivity contribution in [2.45, 2.75) is 51.3 Å². The van der Waals surface area contributed by atoms with E-state index in [0.29, 0.717) is 18.6 Å². The molecule has 6 heteroatoms. The molecular weight excluding hydrogens is 452 g/mol. The van der Waals surface area contributed by atoms with E-state index in [4.69, 9.17) is 14.5 Å². The van der Waals surface area contributed by atoms with E-state index in [9.17, 15) is 9.59 Å². The Labute approximate surface area is 212 Å². The van der Waals surface area contributed by atoms with Crippen molar-refractivity contribution in [3.8, 4) is 11.1 Å². The monoisotopic (exact) mass is 484 g/mol. The van der Waals surface area contributed by atoms with Crippen LogP contribution in [0.2, 0.25) is 0 Å². The van der Waals surface area contributed by atoms with Crippen molar-refractivity contribution in [3.05, 3.63) is 95.6 Å². The molecule has 1 amide bonds. The van der Waals surface area contributed by atoms with Crippen LogP contribution >= 0.6 is 0 Å². The molecule has 2 unspecified atom stereocenters. The van der Waals surface area contributed by atoms with Crippen molar-refractivity contribution in [2.75, 3.05) is 7.11 Å². The molecule has 0 radical (unpaired) electrons. The Morgan fingerprint density at radius 3 is 1.89 bits per heavy atom. The Kier molecular flexibility index (Phi) is 7.53. The van der Waals surface area contributed by atoms with Gasteiger partial charge in [0.2, 0.25) is 0 Å². The molecule has 36 heavy (non-hydrogen) atoms. The highest BCUT2D eigenvalue weighted by Crippen LogP contribution is 2.37. The van der Waals surface area contributed by atoms with Gasteiger partial charge in [0.25, 0.3) is 0 Å². The van der Waals surface area contributed by atoms with E-state index in [1.807, 2.05) is 66.7 Å². The number of alkyl carbamates (subject to hydrolysis) is 1. The molecule has 186 valence electrons. The van der Waals surface area contributed by atoms with Crippen LogP contribution in [-0.4, -0.2) is 42.6 Å². The second-order valence-electron chi connectivity index (χ2n) is 9.81. The van der Waals surface area contributed by atoms with Crippen LogP contribution in [0.4, 0.5) is 4.79 Å². The van der Waals surface area contributed by atoms with Gasteiger partial charge >= 0.3 is 12.1 Å². The van der Waals surface area contributed by atoms with E-state index in [0.717, 1.165) is 27.8 Å². The van der Waals surface area contributed by atoms with Gasteiger partial charge in [0.15, 0.2) is 6.04 Å². The summed E-state index contributed by atoms with van der Waals surface area (Å²) in [6, 6.07) is 24.3. The van der Waals surface area contributed by atoms with Crippen LogP contribution in [0.1, 0.15) is 43.9 Å². The highest BCUT2D eigenvalue weighted by molar-refractivity contribution is 6.24. The first-order chi connectivity index (χ1) is 17.3. The Morgan fingerprint density at radius 1 is 0.833 bits per heavy atom. The number of hydrogen-bond acceptors (Lipinski definition) is 5. The van der Waals surface area contributed by atoms with Crippen molar-refractivity contribution in [1.29, 1.82) is 0 Å². The maximum absolute atomic E-state index is 13.1. The van der Waals surface area contributed by atoms with Gasteiger partial charge in [-0.1, -0.05) is 78.9 Å². The molecule has 1 aliphatic carbocycles. The quantitative estimate of drug-likeness (QED) is 0.348. The fraction of sp³-hybridized carbons (Fsp3) is 0.300. The van der Waals surface area contributed by atoms with Gasteiger partial charge < -0.3 is 14.8 Å². The van der Waals surface area contributed by atoms with Crippen molar-refractivity contribution >= 4 is 17.8 Å². The second-order valence-corrected chi connectivity index (χ2v) is 9.81. The fourth-order valence-electron chi connectivity index (χ4n) is 4.43. The maximum atomic E-state index is 13.1. The van der Waals surface area contributed by atoms with Crippen molar-refractivity contribution in [1.82, 2.24) is 5.32 Å². The summed E-state index contributed by atoms with van der Waals surface area (Å²) < 4.78 is 10.7. The molecule has 1 aliphatic rings. The third-order valence-electron chi connectivity index (χ3n) is 6.04. The lowest BCUT2D eigenvalue weighted by Gasteiger charge is -2.27. The van der Waals surface area contributed by atoms with Crippen LogP contribution in [0, 0.1) is 0 Å². The molecule has 2 atom stereocenters. The van der Waals surface area contributed by atoms with E-state index in [-0.39, 0.29) is 0 Å². The third-order valence-corrected chi connectivity index (χ3v) is 6.04. The molecule has 0 bridgehead atoms. The maximum Gasteiger partial charge on any atom is 0.407 e. The number of aliphatic imine (C=N–C) groups is 1. The minimum absolute atomic E-state index is 0.475. The molecular formula is C30H32N2O4. The molecule has 0 heterocycles. The van der Waals surface area contributed by atoms with Gasteiger partial charge in [-0.2, -0.15) is 0 Å². The summed E-state index contributed by atoms with van der Waals surface area (Å²) in [5, 5.41) is 2.91. The van der Waals surface area contributed by atoms with E-state index in [1.165, 1.54) is 7.11 Å². The van der Waals surface area contributed by atoms with Gasteiger partial charge in [-0.05, 0) is 50.3 Å². The number of esters is 1. The first-order valence-electron chi connectivity index (χ1n) is 12.1. The highest BCUT2D eigenvalue weighted by atomic mass is 16.6. The molecule has 0 aliphatic heterocycles. The zero-order valence-corrected chi connectivity index (χ0v) is 21.2. The topological polar surface area (TPSA) is 77.0 Å². The number of aryl methyl sites for hydroxylation is 1. The summed E-state index contributed by atoms with van der Waals surface area (Å²) in [7, 11) is 1.34. The molecule has 0 spiro atoms. The van der Waals surface area contributed by atoms with E-state index in [1.54, 1.807) is 20.8 Å². The number of rotatable bonds is 7. The molecule has 0 saturated carbocycles. The molecule has 0 saturated heterocycles. The van der Waals surface area contributed by atoms with Crippen LogP contribution < -0.4 is 5.32 Å². The summed E-state index contributed by atoms with van der Waals surface area (Å²) in [6.07, 6.45) is 0.525. The zero-order valence-electron chi connectivity index (χ0n) is 21.2. The predicted molar refractivity (Wildman–Crippen MR) is 141 cm³/mol. The van der Waals surface area contributed by atoms with Gasteiger partial charge in [-0.3, -0.25) is 4.99 Å². The van der Waals surface area contributed by atoms with Crippen LogP contribution in [0.3, 0.4) is 0 Å². The van der Waals surface area contributed by atoms with Crippen LogP contribution in [0.5, 0.6) is 0 Å². The number of benzene rings is 3. The zero-order chi connectivity index (χ0) is 25.7. The number of ether oxygens (including phenoxy) is 2. The Hall–Kier alpha value is -3.93. The third kappa shape index (κ3) is 5.82. The molecule has 0 fully saturated rings. The number of carbonyl (C=O) groups excluding carboxylic acids is 2. The van der Waals surface area contributed by atoms with Crippen molar-refractivity contribution in [2.24, 2.45) is 4.99 Å². The number of amides is 1. The number of fused-ring (bicyclic) bond motifs is 3. The molecule has 1 N–H and O–H groups in total. The van der Waals surface area contributed by atoms with Crippen LogP contribution in [0.15, 0.2) is 83.9 Å². The average Bonchev–Trinajstić information content (AvgIpc) is 3.18. The Balaban J connectivity index is 1.73.